The number of benzene rings is 2. The van der Waals surface area contributed by atoms with Crippen LogP contribution in [0.3, 0.4) is 0 Å². The number of carbonyl (C=O) groups is 2. The first kappa shape index (κ1) is 26.5. The van der Waals surface area contributed by atoms with Crippen molar-refractivity contribution in [2.75, 3.05) is 31.6 Å². The quantitative estimate of drug-likeness (QED) is 0.116. The summed E-state index contributed by atoms with van der Waals surface area (Å²) in [4.78, 5) is 38.2. The standard InChI is InChI=1S/C26H32N6O4/c1-3-13-32(14-7-12-28-35)25(33)20-15-19-11-10-18(16-23(19)29-24(17-20)30-31-27)21-8-5-6-9-22(21)26(34)36-4-2/h5-6,8-11,15-16,24,29H,3-4,7,12-14,17H2,1-2H3,(H2,27,30). The summed E-state index contributed by atoms with van der Waals surface area (Å²) in [5, 5.41) is 13.7. The minimum atomic E-state index is -0.554. The molecule has 10 heteroatoms. The van der Waals surface area contributed by atoms with Gasteiger partial charge in [-0.2, -0.15) is 4.91 Å². The Morgan fingerprint density at radius 1 is 1.17 bits per heavy atom. The van der Waals surface area contributed by atoms with Crippen molar-refractivity contribution in [3.8, 4) is 11.1 Å². The second-order valence-corrected chi connectivity index (χ2v) is 8.33. The molecule has 3 rings (SSSR count). The molecule has 1 aliphatic rings. The third-order valence-corrected chi connectivity index (χ3v) is 5.79. The van der Waals surface area contributed by atoms with Gasteiger partial charge in [0.2, 0.25) is 5.91 Å². The van der Waals surface area contributed by atoms with Gasteiger partial charge < -0.3 is 20.8 Å². The second kappa shape index (κ2) is 13.1. The highest BCUT2D eigenvalue weighted by Crippen LogP contribution is 2.33. The number of hydrogen-bond acceptors (Lipinski definition) is 8. The number of rotatable bonds is 11. The lowest BCUT2D eigenvalue weighted by Crippen LogP contribution is -2.35. The third kappa shape index (κ3) is 6.53. The molecule has 1 unspecified atom stereocenters. The largest absolute Gasteiger partial charge is 0.462 e. The predicted molar refractivity (Wildman–Crippen MR) is 139 cm³/mol. The number of nitrogens with one attached hydrogen (secondary N) is 1. The van der Waals surface area contributed by atoms with Gasteiger partial charge >= 0.3 is 5.97 Å². The van der Waals surface area contributed by atoms with Crippen molar-refractivity contribution in [3.63, 3.8) is 0 Å². The minimum Gasteiger partial charge on any atom is -0.462 e. The van der Waals surface area contributed by atoms with Gasteiger partial charge in [-0.1, -0.05) is 47.7 Å². The first-order chi connectivity index (χ1) is 17.5. The maximum Gasteiger partial charge on any atom is 0.338 e. The Kier molecular flexibility index (Phi) is 9.67. The van der Waals surface area contributed by atoms with E-state index in [-0.39, 0.29) is 31.4 Å². The monoisotopic (exact) mass is 492 g/mol. The lowest BCUT2D eigenvalue weighted by molar-refractivity contribution is -0.127. The molecule has 0 aromatic heterocycles. The third-order valence-electron chi connectivity index (χ3n) is 5.79. The van der Waals surface area contributed by atoms with Crippen LogP contribution in [0.5, 0.6) is 0 Å². The number of fused-ring (bicyclic) bond motifs is 1. The number of hydrogen-bond donors (Lipinski definition) is 2. The molecule has 190 valence electrons. The van der Waals surface area contributed by atoms with Crippen LogP contribution in [0.4, 0.5) is 5.69 Å². The number of ether oxygens (including phenoxy) is 1. The van der Waals surface area contributed by atoms with Gasteiger partial charge in [-0.05, 0) is 54.7 Å². The molecule has 1 atom stereocenters. The summed E-state index contributed by atoms with van der Waals surface area (Å²) in [6.07, 6.45) is 2.87. The molecule has 0 spiro atoms. The van der Waals surface area contributed by atoms with Crippen molar-refractivity contribution in [1.82, 2.24) is 4.90 Å². The fourth-order valence-corrected chi connectivity index (χ4v) is 4.20. The van der Waals surface area contributed by atoms with E-state index in [9.17, 15) is 14.5 Å². The molecule has 3 N–H and O–H groups in total. The highest BCUT2D eigenvalue weighted by Gasteiger charge is 2.25. The Balaban J connectivity index is 2.00. The Bertz CT molecular complexity index is 1150. The Morgan fingerprint density at radius 2 is 1.97 bits per heavy atom. The summed E-state index contributed by atoms with van der Waals surface area (Å²) in [5.41, 5.74) is 4.11. The number of anilines is 1. The maximum absolute atomic E-state index is 13.4. The van der Waals surface area contributed by atoms with E-state index < -0.39 is 6.17 Å². The molecule has 2 aromatic rings. The first-order valence-corrected chi connectivity index (χ1v) is 12.1. The number of nitrogens with two attached hydrogens (primary N) is 1. The summed E-state index contributed by atoms with van der Waals surface area (Å²) in [5.74, 6) is 4.85. The molecule has 0 bridgehead atoms. The number of nitroso groups, excluding NO2 is 1. The fraction of sp³-hybridized carbons (Fsp3) is 0.385. The second-order valence-electron chi connectivity index (χ2n) is 8.33. The zero-order valence-electron chi connectivity index (χ0n) is 20.6. The van der Waals surface area contributed by atoms with Crippen LogP contribution in [-0.2, 0) is 9.53 Å². The van der Waals surface area contributed by atoms with E-state index in [0.717, 1.165) is 28.8 Å². The lowest BCUT2D eigenvalue weighted by atomic mass is 9.97. The van der Waals surface area contributed by atoms with Gasteiger partial charge in [0.25, 0.3) is 0 Å². The van der Waals surface area contributed by atoms with Gasteiger partial charge in [0.1, 0.15) is 6.17 Å². The van der Waals surface area contributed by atoms with Crippen molar-refractivity contribution in [2.45, 2.75) is 39.3 Å². The van der Waals surface area contributed by atoms with Gasteiger partial charge in [0.15, 0.2) is 0 Å². The summed E-state index contributed by atoms with van der Waals surface area (Å²) in [7, 11) is 0. The van der Waals surface area contributed by atoms with E-state index in [1.165, 1.54) is 0 Å². The minimum absolute atomic E-state index is 0.119. The molecule has 0 fully saturated rings. The van der Waals surface area contributed by atoms with Gasteiger partial charge in [0, 0.05) is 30.8 Å². The number of nitrogens with zero attached hydrogens (tertiary/aromatic N) is 4. The molecule has 1 amide bonds. The van der Waals surface area contributed by atoms with E-state index in [2.05, 4.69) is 20.8 Å². The molecule has 36 heavy (non-hydrogen) atoms. The van der Waals surface area contributed by atoms with E-state index in [4.69, 9.17) is 10.6 Å². The summed E-state index contributed by atoms with van der Waals surface area (Å²) in [6.45, 7) is 5.23. The van der Waals surface area contributed by atoms with Crippen molar-refractivity contribution >= 4 is 23.6 Å². The zero-order chi connectivity index (χ0) is 25.9. The van der Waals surface area contributed by atoms with Crippen LogP contribution in [0.25, 0.3) is 17.2 Å². The molecule has 0 aliphatic carbocycles. The van der Waals surface area contributed by atoms with Crippen LogP contribution < -0.4 is 11.2 Å². The summed E-state index contributed by atoms with van der Waals surface area (Å²) >= 11 is 0. The molecule has 1 heterocycles. The molecule has 10 nitrogen and oxygen atoms in total. The first-order valence-electron chi connectivity index (χ1n) is 12.1. The lowest BCUT2D eigenvalue weighted by Gasteiger charge is -2.23. The number of esters is 1. The average Bonchev–Trinajstić information content (AvgIpc) is 3.07. The topological polar surface area (TPSA) is 139 Å². The average molecular weight is 493 g/mol. The van der Waals surface area contributed by atoms with Crippen molar-refractivity contribution in [3.05, 3.63) is 64.1 Å². The van der Waals surface area contributed by atoms with Crippen molar-refractivity contribution in [1.29, 1.82) is 0 Å². The molecule has 1 aliphatic heterocycles. The van der Waals surface area contributed by atoms with Gasteiger partial charge in [-0.25, -0.2) is 4.79 Å². The van der Waals surface area contributed by atoms with E-state index in [1.807, 2.05) is 43.3 Å². The van der Waals surface area contributed by atoms with E-state index in [0.29, 0.717) is 30.6 Å². The van der Waals surface area contributed by atoms with Crippen LogP contribution in [0.1, 0.15) is 49.0 Å². The van der Waals surface area contributed by atoms with E-state index >= 15 is 0 Å². The molecule has 0 saturated heterocycles. The van der Waals surface area contributed by atoms with Gasteiger partial charge in [-0.15, -0.1) is 5.11 Å². The maximum atomic E-state index is 13.4. The molecule has 2 aromatic carbocycles. The van der Waals surface area contributed by atoms with Crippen LogP contribution in [0.15, 0.2) is 63.6 Å². The SMILES string of the molecule is CCCN(CCCN=O)C(=O)C1=Cc2ccc(-c3ccccc3C(=O)OCC)cc2NC(N=NN)C1. The van der Waals surface area contributed by atoms with Crippen LogP contribution >= 0.6 is 0 Å². The van der Waals surface area contributed by atoms with Gasteiger partial charge in [-0.3, -0.25) is 4.79 Å². The Labute approximate surface area is 210 Å². The Hall–Kier alpha value is -4.08. The van der Waals surface area contributed by atoms with E-state index in [1.54, 1.807) is 24.0 Å². The van der Waals surface area contributed by atoms with Crippen LogP contribution in [0, 0.1) is 4.91 Å². The van der Waals surface area contributed by atoms with Crippen molar-refractivity contribution in [2.24, 2.45) is 21.4 Å². The van der Waals surface area contributed by atoms with Gasteiger partial charge in [0.05, 0.1) is 18.7 Å². The van der Waals surface area contributed by atoms with Crippen molar-refractivity contribution < 1.29 is 14.3 Å². The molecular weight excluding hydrogens is 460 g/mol. The Morgan fingerprint density at radius 3 is 2.69 bits per heavy atom. The predicted octanol–water partition coefficient (Wildman–Crippen LogP) is 4.78. The highest BCUT2D eigenvalue weighted by atomic mass is 16.5. The zero-order valence-corrected chi connectivity index (χ0v) is 20.6. The summed E-state index contributed by atoms with van der Waals surface area (Å²) in [6, 6.07) is 13.0. The fourth-order valence-electron chi connectivity index (χ4n) is 4.20. The normalized spacial score (nSPS) is 14.8. The van der Waals surface area contributed by atoms with Crippen LogP contribution in [-0.4, -0.2) is 49.2 Å². The highest BCUT2D eigenvalue weighted by molar-refractivity contribution is 6.00. The molecule has 0 radical (unpaired) electrons. The smallest absolute Gasteiger partial charge is 0.338 e. The molecular formula is C26H32N6O4. The molecule has 0 saturated carbocycles. The summed E-state index contributed by atoms with van der Waals surface area (Å²) < 4.78 is 5.22. The number of amides is 1. The number of carbonyl (C=O) groups excluding carboxylic acids is 2. The van der Waals surface area contributed by atoms with Crippen LogP contribution in [0.2, 0.25) is 0 Å².